The van der Waals surface area contributed by atoms with Crippen molar-refractivity contribution in [1.29, 1.82) is 0 Å². The maximum atomic E-state index is 13.2. The minimum absolute atomic E-state index is 0.0798. The number of anilines is 1. The van der Waals surface area contributed by atoms with E-state index in [0.717, 1.165) is 21.7 Å². The van der Waals surface area contributed by atoms with Gasteiger partial charge in [0.15, 0.2) is 0 Å². The van der Waals surface area contributed by atoms with E-state index in [0.29, 0.717) is 16.5 Å². The quantitative estimate of drug-likeness (QED) is 0.333. The molecule has 0 unspecified atom stereocenters. The molecule has 0 spiro atoms. The molecule has 0 N–H and O–H groups in total. The SMILES string of the molecule is O=C(Cn1cnc2ccccc2c1=O)N(/N=C/c1ccccc1)c1cccc(C(F)(F)F)c1. The van der Waals surface area contributed by atoms with Gasteiger partial charge in [-0.2, -0.15) is 23.3 Å². The minimum Gasteiger partial charge on any atom is -0.289 e. The largest absolute Gasteiger partial charge is 0.416 e. The van der Waals surface area contributed by atoms with Gasteiger partial charge in [-0.3, -0.25) is 14.2 Å². The van der Waals surface area contributed by atoms with Gasteiger partial charge in [0, 0.05) is 0 Å². The Balaban J connectivity index is 1.71. The molecule has 4 aromatic rings. The third-order valence-corrected chi connectivity index (χ3v) is 4.81. The van der Waals surface area contributed by atoms with Crippen LogP contribution >= 0.6 is 0 Å². The van der Waals surface area contributed by atoms with Crippen molar-refractivity contribution in [2.24, 2.45) is 5.10 Å². The molecule has 6 nitrogen and oxygen atoms in total. The third-order valence-electron chi connectivity index (χ3n) is 4.81. The molecule has 1 amide bonds. The van der Waals surface area contributed by atoms with E-state index in [9.17, 15) is 22.8 Å². The van der Waals surface area contributed by atoms with E-state index in [1.54, 1.807) is 54.6 Å². The summed E-state index contributed by atoms with van der Waals surface area (Å²) in [5.41, 5.74) is -0.319. The highest BCUT2D eigenvalue weighted by molar-refractivity contribution is 5.95. The molecule has 9 heteroatoms. The Hall–Kier alpha value is -4.27. The van der Waals surface area contributed by atoms with Gasteiger partial charge in [0.05, 0.1) is 34.7 Å². The van der Waals surface area contributed by atoms with Crippen molar-refractivity contribution in [3.63, 3.8) is 0 Å². The summed E-state index contributed by atoms with van der Waals surface area (Å²) in [4.78, 5) is 30.1. The molecule has 1 heterocycles. The molecule has 166 valence electrons. The van der Waals surface area contributed by atoms with Gasteiger partial charge in [0.25, 0.3) is 11.5 Å². The number of carbonyl (C=O) groups is 1. The summed E-state index contributed by atoms with van der Waals surface area (Å²) in [6.45, 7) is -0.459. The number of carbonyl (C=O) groups excluding carboxylic acids is 1. The number of rotatable bonds is 5. The average molecular weight is 450 g/mol. The monoisotopic (exact) mass is 450 g/mol. The molecule has 0 saturated carbocycles. The van der Waals surface area contributed by atoms with Crippen LogP contribution in [0.5, 0.6) is 0 Å². The lowest BCUT2D eigenvalue weighted by atomic mass is 10.2. The number of fused-ring (bicyclic) bond motifs is 1. The lowest BCUT2D eigenvalue weighted by Gasteiger charge is -2.19. The second-order valence-corrected chi connectivity index (χ2v) is 7.10. The van der Waals surface area contributed by atoms with Gasteiger partial charge in [-0.15, -0.1) is 0 Å². The number of hydrazone groups is 1. The fraction of sp³-hybridized carbons (Fsp3) is 0.0833. The van der Waals surface area contributed by atoms with Crippen molar-refractivity contribution >= 4 is 28.7 Å². The van der Waals surface area contributed by atoms with Crippen LogP contribution < -0.4 is 10.6 Å². The first kappa shape index (κ1) is 21.9. The maximum absolute atomic E-state index is 13.2. The number of nitrogens with zero attached hydrogens (tertiary/aromatic N) is 4. The molecule has 4 rings (SSSR count). The Bertz CT molecular complexity index is 1380. The molecule has 33 heavy (non-hydrogen) atoms. The maximum Gasteiger partial charge on any atom is 0.416 e. The summed E-state index contributed by atoms with van der Waals surface area (Å²) in [5.74, 6) is -0.708. The molecule has 0 atom stereocenters. The first-order chi connectivity index (χ1) is 15.8. The van der Waals surface area contributed by atoms with E-state index in [4.69, 9.17) is 0 Å². The van der Waals surface area contributed by atoms with Crippen LogP contribution in [0, 0.1) is 0 Å². The molecular weight excluding hydrogens is 433 g/mol. The molecule has 0 aliphatic carbocycles. The highest BCUT2D eigenvalue weighted by Gasteiger charge is 2.31. The van der Waals surface area contributed by atoms with Crippen LogP contribution in [0.4, 0.5) is 18.9 Å². The Labute approximate surface area is 186 Å². The highest BCUT2D eigenvalue weighted by atomic mass is 19.4. The summed E-state index contributed by atoms with van der Waals surface area (Å²) < 4.78 is 40.8. The van der Waals surface area contributed by atoms with Crippen molar-refractivity contribution in [1.82, 2.24) is 9.55 Å². The number of hydrogen-bond donors (Lipinski definition) is 0. The van der Waals surface area contributed by atoms with E-state index in [-0.39, 0.29) is 5.69 Å². The van der Waals surface area contributed by atoms with Crippen LogP contribution in [0.25, 0.3) is 10.9 Å². The van der Waals surface area contributed by atoms with E-state index in [2.05, 4.69) is 10.1 Å². The summed E-state index contributed by atoms with van der Waals surface area (Å²) in [6.07, 6.45) is -2.00. The molecule has 0 radical (unpaired) electrons. The van der Waals surface area contributed by atoms with Gasteiger partial charge in [0.2, 0.25) is 0 Å². The number of aromatic nitrogens is 2. The predicted octanol–water partition coefficient (Wildman–Crippen LogP) is 4.48. The molecular formula is C24H17F3N4O2. The zero-order chi connectivity index (χ0) is 23.4. The van der Waals surface area contributed by atoms with Gasteiger partial charge < -0.3 is 0 Å². The van der Waals surface area contributed by atoms with Crippen LogP contribution in [-0.4, -0.2) is 21.7 Å². The van der Waals surface area contributed by atoms with Gasteiger partial charge in [-0.25, -0.2) is 4.98 Å². The van der Waals surface area contributed by atoms with Gasteiger partial charge in [-0.05, 0) is 35.9 Å². The third kappa shape index (κ3) is 4.98. The van der Waals surface area contributed by atoms with Crippen molar-refractivity contribution in [2.45, 2.75) is 12.7 Å². The number of para-hydroxylation sites is 1. The number of amides is 1. The first-order valence-electron chi connectivity index (χ1n) is 9.86. The number of benzene rings is 3. The fourth-order valence-corrected chi connectivity index (χ4v) is 3.18. The Morgan fingerprint density at radius 3 is 2.48 bits per heavy atom. The van der Waals surface area contributed by atoms with Crippen molar-refractivity contribution in [3.05, 3.63) is 107 Å². The molecule has 0 aliphatic heterocycles. The number of halogens is 3. The Kier molecular flexibility index (Phi) is 6.03. The second-order valence-electron chi connectivity index (χ2n) is 7.10. The molecule has 0 aliphatic rings. The van der Waals surface area contributed by atoms with Crippen molar-refractivity contribution in [2.75, 3.05) is 5.01 Å². The van der Waals surface area contributed by atoms with E-state index in [1.165, 1.54) is 24.7 Å². The first-order valence-corrected chi connectivity index (χ1v) is 9.86. The van der Waals surface area contributed by atoms with E-state index in [1.807, 2.05) is 0 Å². The summed E-state index contributed by atoms with van der Waals surface area (Å²) in [5, 5.41) is 5.31. The number of alkyl halides is 3. The predicted molar refractivity (Wildman–Crippen MR) is 119 cm³/mol. The topological polar surface area (TPSA) is 67.6 Å². The van der Waals surface area contributed by atoms with Crippen LogP contribution in [0.2, 0.25) is 0 Å². The molecule has 0 fully saturated rings. The summed E-state index contributed by atoms with van der Waals surface area (Å²) >= 11 is 0. The lowest BCUT2D eigenvalue weighted by Crippen LogP contribution is -2.33. The normalized spacial score (nSPS) is 11.7. The highest BCUT2D eigenvalue weighted by Crippen LogP contribution is 2.31. The van der Waals surface area contributed by atoms with Crippen LogP contribution in [-0.2, 0) is 17.5 Å². The smallest absolute Gasteiger partial charge is 0.289 e. The zero-order valence-corrected chi connectivity index (χ0v) is 17.1. The van der Waals surface area contributed by atoms with Crippen molar-refractivity contribution < 1.29 is 18.0 Å². The molecule has 0 bridgehead atoms. The minimum atomic E-state index is -4.59. The fourth-order valence-electron chi connectivity index (χ4n) is 3.18. The van der Waals surface area contributed by atoms with Crippen LogP contribution in [0.15, 0.2) is 95.1 Å². The zero-order valence-electron chi connectivity index (χ0n) is 17.1. The second kappa shape index (κ2) is 9.07. The standard InChI is InChI=1S/C24H17F3N4O2/c25-24(26,27)18-9-6-10-19(13-18)31(29-14-17-7-2-1-3-8-17)22(32)15-30-16-28-21-12-5-4-11-20(21)23(30)33/h1-14,16H,15H2/b29-14+. The molecule has 3 aromatic carbocycles. The summed E-state index contributed by atoms with van der Waals surface area (Å²) in [7, 11) is 0. The average Bonchev–Trinajstić information content (AvgIpc) is 2.81. The Morgan fingerprint density at radius 1 is 1.00 bits per heavy atom. The number of hydrogen-bond acceptors (Lipinski definition) is 4. The van der Waals surface area contributed by atoms with Gasteiger partial charge in [0.1, 0.15) is 6.54 Å². The molecule has 0 saturated heterocycles. The van der Waals surface area contributed by atoms with Gasteiger partial charge >= 0.3 is 6.18 Å². The van der Waals surface area contributed by atoms with Crippen LogP contribution in [0.1, 0.15) is 11.1 Å². The van der Waals surface area contributed by atoms with Gasteiger partial charge in [-0.1, -0.05) is 48.5 Å². The lowest BCUT2D eigenvalue weighted by molar-refractivity contribution is -0.137. The van der Waals surface area contributed by atoms with Crippen LogP contribution in [0.3, 0.4) is 0 Å². The van der Waals surface area contributed by atoms with Crippen molar-refractivity contribution in [3.8, 4) is 0 Å². The summed E-state index contributed by atoms with van der Waals surface area (Å²) in [6, 6.07) is 19.7. The van der Waals surface area contributed by atoms with E-state index >= 15 is 0 Å². The Morgan fingerprint density at radius 2 is 1.73 bits per heavy atom. The molecule has 1 aromatic heterocycles. The van der Waals surface area contributed by atoms with E-state index < -0.39 is 29.8 Å².